The molecule has 17 heavy (non-hydrogen) atoms. The van der Waals surface area contributed by atoms with Crippen molar-refractivity contribution in [1.29, 1.82) is 0 Å². The lowest BCUT2D eigenvalue weighted by Gasteiger charge is -2.20. The van der Waals surface area contributed by atoms with E-state index in [-0.39, 0.29) is 5.41 Å². The fourth-order valence-corrected chi connectivity index (χ4v) is 2.13. The fraction of sp³-hybridized carbons (Fsp3) is 0.600. The summed E-state index contributed by atoms with van der Waals surface area (Å²) < 4.78 is 0. The van der Waals surface area contributed by atoms with Gasteiger partial charge in [0.1, 0.15) is 5.75 Å². The Labute approximate surface area is 105 Å². The van der Waals surface area contributed by atoms with E-state index in [0.717, 1.165) is 18.4 Å². The summed E-state index contributed by atoms with van der Waals surface area (Å²) in [7, 11) is 0. The van der Waals surface area contributed by atoms with Crippen LogP contribution >= 0.6 is 0 Å². The van der Waals surface area contributed by atoms with E-state index in [4.69, 9.17) is 5.73 Å². The van der Waals surface area contributed by atoms with Crippen LogP contribution in [0.3, 0.4) is 0 Å². The van der Waals surface area contributed by atoms with Gasteiger partial charge in [0.25, 0.3) is 0 Å². The highest BCUT2D eigenvalue weighted by atomic mass is 16.3. The fourth-order valence-electron chi connectivity index (χ4n) is 2.13. The molecule has 3 N–H and O–H groups in total. The van der Waals surface area contributed by atoms with E-state index in [1.165, 1.54) is 5.56 Å². The maximum absolute atomic E-state index is 9.89. The van der Waals surface area contributed by atoms with Crippen molar-refractivity contribution in [3.63, 3.8) is 0 Å². The molecule has 1 atom stereocenters. The van der Waals surface area contributed by atoms with Crippen molar-refractivity contribution in [1.82, 2.24) is 0 Å². The topological polar surface area (TPSA) is 46.2 Å². The molecule has 0 radical (unpaired) electrons. The van der Waals surface area contributed by atoms with Gasteiger partial charge in [-0.15, -0.1) is 0 Å². The third-order valence-corrected chi connectivity index (χ3v) is 2.96. The van der Waals surface area contributed by atoms with Crippen molar-refractivity contribution >= 4 is 0 Å². The highest BCUT2D eigenvalue weighted by Crippen LogP contribution is 2.30. The number of aromatic hydroxyl groups is 1. The average molecular weight is 235 g/mol. The molecule has 2 nitrogen and oxygen atoms in total. The number of phenols is 1. The Kier molecular flexibility index (Phi) is 4.58. The zero-order valence-corrected chi connectivity index (χ0v) is 11.5. The van der Waals surface area contributed by atoms with E-state index in [2.05, 4.69) is 33.8 Å². The standard InChI is InChI=1S/C15H25NO/c1-11(7-8-16)13-9-12(5-6-14(13)17)10-15(2,3)4/h5-6,9,11,17H,7-8,10,16H2,1-4H3. The smallest absolute Gasteiger partial charge is 0.119 e. The Bertz CT molecular complexity index is 366. The van der Waals surface area contributed by atoms with Gasteiger partial charge in [0.2, 0.25) is 0 Å². The van der Waals surface area contributed by atoms with E-state index in [1.807, 2.05) is 12.1 Å². The number of phenolic OH excluding ortho intramolecular Hbond substituents is 1. The molecule has 1 aromatic rings. The maximum Gasteiger partial charge on any atom is 0.119 e. The van der Waals surface area contributed by atoms with Crippen LogP contribution in [0.2, 0.25) is 0 Å². The molecule has 1 aromatic carbocycles. The lowest BCUT2D eigenvalue weighted by molar-refractivity contribution is 0.409. The van der Waals surface area contributed by atoms with Crippen LogP contribution in [0.4, 0.5) is 0 Å². The molecule has 0 amide bonds. The van der Waals surface area contributed by atoms with Gasteiger partial charge in [-0.25, -0.2) is 0 Å². The van der Waals surface area contributed by atoms with Crippen molar-refractivity contribution < 1.29 is 5.11 Å². The van der Waals surface area contributed by atoms with Crippen molar-refractivity contribution in [2.45, 2.75) is 46.5 Å². The first-order valence-corrected chi connectivity index (χ1v) is 6.35. The van der Waals surface area contributed by atoms with E-state index in [0.29, 0.717) is 18.2 Å². The Hall–Kier alpha value is -1.02. The van der Waals surface area contributed by atoms with Crippen molar-refractivity contribution in [2.75, 3.05) is 6.54 Å². The van der Waals surface area contributed by atoms with E-state index in [1.54, 1.807) is 0 Å². The van der Waals surface area contributed by atoms with Gasteiger partial charge >= 0.3 is 0 Å². The second-order valence-corrected chi connectivity index (χ2v) is 6.11. The Morgan fingerprint density at radius 1 is 1.29 bits per heavy atom. The summed E-state index contributed by atoms with van der Waals surface area (Å²) in [6, 6.07) is 5.95. The Morgan fingerprint density at radius 2 is 1.94 bits per heavy atom. The van der Waals surface area contributed by atoms with Crippen LogP contribution in [-0.4, -0.2) is 11.7 Å². The molecule has 0 bridgehead atoms. The number of benzene rings is 1. The summed E-state index contributed by atoms with van der Waals surface area (Å²) in [5.74, 6) is 0.712. The molecule has 0 aliphatic rings. The predicted octanol–water partition coefficient (Wildman–Crippen LogP) is 3.43. The molecule has 2 heteroatoms. The molecule has 1 unspecified atom stereocenters. The molecule has 0 aromatic heterocycles. The minimum absolute atomic E-state index is 0.269. The normalized spacial score (nSPS) is 13.7. The first kappa shape index (κ1) is 14.0. The van der Waals surface area contributed by atoms with Gasteiger partial charge in [0, 0.05) is 0 Å². The summed E-state index contributed by atoms with van der Waals surface area (Å²) in [5.41, 5.74) is 8.16. The SMILES string of the molecule is CC(CCN)c1cc(CC(C)(C)C)ccc1O. The summed E-state index contributed by atoms with van der Waals surface area (Å²) in [6.07, 6.45) is 1.93. The molecular weight excluding hydrogens is 210 g/mol. The summed E-state index contributed by atoms with van der Waals surface area (Å²) in [4.78, 5) is 0. The monoisotopic (exact) mass is 235 g/mol. The van der Waals surface area contributed by atoms with E-state index in [9.17, 15) is 5.11 Å². The molecular formula is C15H25NO. The first-order valence-electron chi connectivity index (χ1n) is 6.35. The highest BCUT2D eigenvalue weighted by Gasteiger charge is 2.15. The number of rotatable bonds is 4. The van der Waals surface area contributed by atoms with Crippen LogP contribution in [0.5, 0.6) is 5.75 Å². The number of hydrogen-bond acceptors (Lipinski definition) is 2. The summed E-state index contributed by atoms with van der Waals surface area (Å²) in [6.45, 7) is 9.45. The van der Waals surface area contributed by atoms with Gasteiger partial charge in [-0.1, -0.05) is 39.8 Å². The van der Waals surface area contributed by atoms with Crippen LogP contribution < -0.4 is 5.73 Å². The average Bonchev–Trinajstić information content (AvgIpc) is 2.19. The second kappa shape index (κ2) is 5.54. The minimum atomic E-state index is 0.269. The third-order valence-electron chi connectivity index (χ3n) is 2.96. The zero-order chi connectivity index (χ0) is 13.1. The second-order valence-electron chi connectivity index (χ2n) is 6.11. The molecule has 0 spiro atoms. The van der Waals surface area contributed by atoms with Crippen molar-refractivity contribution in [3.05, 3.63) is 29.3 Å². The lowest BCUT2D eigenvalue weighted by Crippen LogP contribution is -2.10. The lowest BCUT2D eigenvalue weighted by atomic mass is 9.86. The molecule has 96 valence electrons. The molecule has 0 saturated heterocycles. The van der Waals surface area contributed by atoms with E-state index < -0.39 is 0 Å². The van der Waals surface area contributed by atoms with Crippen LogP contribution in [0, 0.1) is 5.41 Å². The van der Waals surface area contributed by atoms with E-state index >= 15 is 0 Å². The van der Waals surface area contributed by atoms with Crippen molar-refractivity contribution in [2.24, 2.45) is 11.1 Å². The molecule has 0 aliphatic carbocycles. The predicted molar refractivity (Wildman–Crippen MR) is 73.4 cm³/mol. The molecule has 0 aliphatic heterocycles. The van der Waals surface area contributed by atoms with Crippen LogP contribution in [0.1, 0.15) is 51.2 Å². The first-order chi connectivity index (χ1) is 7.83. The molecule has 0 heterocycles. The van der Waals surface area contributed by atoms with Crippen molar-refractivity contribution in [3.8, 4) is 5.75 Å². The van der Waals surface area contributed by atoms with Gasteiger partial charge in [-0.3, -0.25) is 0 Å². The number of hydrogen-bond donors (Lipinski definition) is 2. The third kappa shape index (κ3) is 4.39. The quantitative estimate of drug-likeness (QED) is 0.840. The Balaban J connectivity index is 2.94. The van der Waals surface area contributed by atoms with Crippen LogP contribution in [-0.2, 0) is 6.42 Å². The van der Waals surface area contributed by atoms with Gasteiger partial charge in [0.15, 0.2) is 0 Å². The van der Waals surface area contributed by atoms with Gasteiger partial charge in [-0.2, -0.15) is 0 Å². The molecule has 1 rings (SSSR count). The van der Waals surface area contributed by atoms with Gasteiger partial charge < -0.3 is 10.8 Å². The summed E-state index contributed by atoms with van der Waals surface area (Å²) >= 11 is 0. The zero-order valence-electron chi connectivity index (χ0n) is 11.5. The maximum atomic E-state index is 9.89. The minimum Gasteiger partial charge on any atom is -0.508 e. The van der Waals surface area contributed by atoms with Crippen LogP contribution in [0.15, 0.2) is 18.2 Å². The van der Waals surface area contributed by atoms with Crippen LogP contribution in [0.25, 0.3) is 0 Å². The van der Waals surface area contributed by atoms with Gasteiger partial charge in [-0.05, 0) is 47.9 Å². The largest absolute Gasteiger partial charge is 0.508 e. The van der Waals surface area contributed by atoms with Gasteiger partial charge in [0.05, 0.1) is 0 Å². The number of nitrogens with two attached hydrogens (primary N) is 1. The highest BCUT2D eigenvalue weighted by molar-refractivity contribution is 5.38. The summed E-state index contributed by atoms with van der Waals surface area (Å²) in [5, 5.41) is 9.89. The Morgan fingerprint density at radius 3 is 2.47 bits per heavy atom. The molecule has 0 fully saturated rings. The molecule has 0 saturated carbocycles.